The molecule has 2 nitrogen and oxygen atoms in total. The van der Waals surface area contributed by atoms with E-state index in [4.69, 9.17) is 9.98 Å². The average molecular weight is 436 g/mol. The van der Waals surface area contributed by atoms with E-state index < -0.39 is 0 Å². The minimum absolute atomic E-state index is 0. The Labute approximate surface area is 174 Å². The monoisotopic (exact) mass is 434 g/mol. The molecule has 4 aliphatic rings. The van der Waals surface area contributed by atoms with E-state index >= 15 is 0 Å². The van der Waals surface area contributed by atoms with Crippen molar-refractivity contribution in [1.82, 2.24) is 0 Å². The van der Waals surface area contributed by atoms with Gasteiger partial charge >= 0.3 is 26.2 Å². The van der Waals surface area contributed by atoms with Crippen LogP contribution in [0, 0.1) is 5.41 Å². The quantitative estimate of drug-likeness (QED) is 0.502. The van der Waals surface area contributed by atoms with Gasteiger partial charge in [-0.15, -0.1) is 0 Å². The molecule has 0 radical (unpaired) electrons. The second-order valence-corrected chi connectivity index (χ2v) is 6.42. The second-order valence-electron chi connectivity index (χ2n) is 6.42. The first kappa shape index (κ1) is 21.3. The Morgan fingerprint density at radius 1 is 0.750 bits per heavy atom. The summed E-state index contributed by atoms with van der Waals surface area (Å²) in [4.78, 5) is 9.45. The van der Waals surface area contributed by atoms with Crippen LogP contribution in [0.2, 0.25) is 0 Å². The average Bonchev–Trinajstić information content (AvgIpc) is 3.07. The summed E-state index contributed by atoms with van der Waals surface area (Å²) >= 11 is 0. The molecule has 0 saturated carbocycles. The van der Waals surface area contributed by atoms with Crippen molar-refractivity contribution >= 4 is 11.4 Å². The molecule has 0 saturated heterocycles. The fraction of sp³-hybridized carbons (Fsp3) is 0.263. The molecule has 4 rings (SSSR count). The Morgan fingerprint density at radius 2 is 1.12 bits per heavy atom. The number of fused-ring (bicyclic) bond motifs is 2. The van der Waals surface area contributed by atoms with Gasteiger partial charge in [-0.25, -0.2) is 0 Å². The number of rotatable bonds is 2. The maximum absolute atomic E-state index is 4.73. The van der Waals surface area contributed by atoms with Crippen molar-refractivity contribution in [3.05, 3.63) is 70.1 Å². The molecule has 2 heterocycles. The van der Waals surface area contributed by atoms with Gasteiger partial charge < -0.3 is 24.8 Å². The maximum atomic E-state index is 4.73. The van der Waals surface area contributed by atoms with Gasteiger partial charge in [-0.3, -0.25) is 9.98 Å². The van der Waals surface area contributed by atoms with Crippen molar-refractivity contribution in [3.8, 4) is 0 Å². The molecule has 0 amide bonds. The van der Waals surface area contributed by atoms with Crippen molar-refractivity contribution < 1.29 is 51.0 Å². The van der Waals surface area contributed by atoms with E-state index in [9.17, 15) is 0 Å². The summed E-state index contributed by atoms with van der Waals surface area (Å²) in [6.45, 7) is 8.82. The molecule has 0 aromatic carbocycles. The molecule has 24 heavy (non-hydrogen) atoms. The summed E-state index contributed by atoms with van der Waals surface area (Å²) in [5.41, 5.74) is 9.59. The predicted octanol–water partition coefficient (Wildman–Crippen LogP) is -1.53. The van der Waals surface area contributed by atoms with Crippen LogP contribution in [0.4, 0.5) is 0 Å². The zero-order chi connectivity index (χ0) is 14.8. The fourth-order valence-electron chi connectivity index (χ4n) is 4.00. The molecule has 0 atom stereocenters. The molecule has 0 aromatic heterocycles. The Morgan fingerprint density at radius 3 is 1.50 bits per heavy atom. The summed E-state index contributed by atoms with van der Waals surface area (Å²) in [5.74, 6) is 0. The van der Waals surface area contributed by atoms with Crippen molar-refractivity contribution in [2.24, 2.45) is 15.4 Å². The number of hydrogen-bond donors (Lipinski definition) is 0. The molecular weight excluding hydrogens is 418 g/mol. The van der Waals surface area contributed by atoms with Crippen LogP contribution < -0.4 is 24.8 Å². The van der Waals surface area contributed by atoms with Crippen LogP contribution in [0.1, 0.15) is 27.7 Å². The first-order chi connectivity index (χ1) is 10.00. The molecular formula is C19H18Cl2N2Zr. The fourth-order valence-corrected chi connectivity index (χ4v) is 4.00. The SMILES string of the molecule is CC1=NC2=CC=CC2=C1C(C)(C)C1=C2C=CC=C2N=C1C.[Cl-].[Cl-].[Zr+2]. The van der Waals surface area contributed by atoms with Crippen molar-refractivity contribution in [3.63, 3.8) is 0 Å². The smallest absolute Gasteiger partial charge is 1.00 e. The normalized spacial score (nSPS) is 19.8. The summed E-state index contributed by atoms with van der Waals surface area (Å²) in [5, 5.41) is 0. The first-order valence-corrected chi connectivity index (χ1v) is 7.38. The van der Waals surface area contributed by atoms with E-state index in [1.807, 2.05) is 0 Å². The summed E-state index contributed by atoms with van der Waals surface area (Å²) in [6.07, 6.45) is 12.7. The summed E-state index contributed by atoms with van der Waals surface area (Å²) in [7, 11) is 0. The van der Waals surface area contributed by atoms with Crippen molar-refractivity contribution in [2.45, 2.75) is 27.7 Å². The third kappa shape index (κ3) is 2.85. The molecule has 122 valence electrons. The second kappa shape index (κ2) is 7.24. The van der Waals surface area contributed by atoms with Crippen LogP contribution in [-0.4, -0.2) is 11.4 Å². The van der Waals surface area contributed by atoms with E-state index in [1.165, 1.54) is 22.3 Å². The predicted molar refractivity (Wildman–Crippen MR) is 88.5 cm³/mol. The van der Waals surface area contributed by atoms with Crippen LogP contribution in [0.15, 0.2) is 80.1 Å². The van der Waals surface area contributed by atoms with Gasteiger partial charge in [0.1, 0.15) is 0 Å². The zero-order valence-electron chi connectivity index (χ0n) is 14.1. The van der Waals surface area contributed by atoms with Gasteiger partial charge in [0.2, 0.25) is 0 Å². The minimum Gasteiger partial charge on any atom is -1.00 e. The van der Waals surface area contributed by atoms with Gasteiger partial charge in [0.05, 0.1) is 11.4 Å². The topological polar surface area (TPSA) is 24.7 Å². The van der Waals surface area contributed by atoms with E-state index in [0.29, 0.717) is 0 Å². The van der Waals surface area contributed by atoms with Crippen LogP contribution in [0.25, 0.3) is 0 Å². The molecule has 0 unspecified atom stereocenters. The van der Waals surface area contributed by atoms with Crippen LogP contribution >= 0.6 is 0 Å². The third-order valence-electron chi connectivity index (χ3n) is 4.67. The van der Waals surface area contributed by atoms with Crippen LogP contribution in [-0.2, 0) is 26.2 Å². The van der Waals surface area contributed by atoms with Gasteiger partial charge in [-0.2, -0.15) is 0 Å². The summed E-state index contributed by atoms with van der Waals surface area (Å²) in [6, 6.07) is 0. The third-order valence-corrected chi connectivity index (χ3v) is 4.67. The van der Waals surface area contributed by atoms with Crippen molar-refractivity contribution in [2.75, 3.05) is 0 Å². The standard InChI is InChI=1S/C19H18N2.2ClH.Zr/c1-11-17(13-7-5-9-15(13)20-11)19(3,4)18-12(2)21-16-10-6-8-14(16)18;;;/h5-10H,1-4H3;2*1H;/q;;;+2/p-2. The van der Waals surface area contributed by atoms with E-state index in [-0.39, 0.29) is 56.4 Å². The number of allylic oxidation sites excluding steroid dienone is 8. The maximum Gasteiger partial charge on any atom is 2.00 e. The number of aliphatic imine (C=N–C) groups is 2. The number of hydrogen-bond acceptors (Lipinski definition) is 2. The Bertz CT molecular complexity index is 763. The molecule has 2 aliphatic carbocycles. The van der Waals surface area contributed by atoms with E-state index in [2.05, 4.69) is 64.2 Å². The van der Waals surface area contributed by atoms with Gasteiger partial charge in [-0.05, 0) is 37.1 Å². The zero-order valence-corrected chi connectivity index (χ0v) is 18.1. The van der Waals surface area contributed by atoms with Gasteiger partial charge in [0.25, 0.3) is 0 Å². The van der Waals surface area contributed by atoms with E-state index in [0.717, 1.165) is 22.8 Å². The number of nitrogens with zero attached hydrogens (tertiary/aromatic N) is 2. The molecule has 0 bridgehead atoms. The molecule has 0 spiro atoms. The molecule has 0 N–H and O–H groups in total. The van der Waals surface area contributed by atoms with Gasteiger partial charge in [0.15, 0.2) is 0 Å². The van der Waals surface area contributed by atoms with Crippen LogP contribution in [0.5, 0.6) is 0 Å². The molecule has 5 heteroatoms. The van der Waals surface area contributed by atoms with Crippen molar-refractivity contribution in [1.29, 1.82) is 0 Å². The Hall–Kier alpha value is -0.757. The first-order valence-electron chi connectivity index (χ1n) is 7.38. The minimum atomic E-state index is -0.0969. The van der Waals surface area contributed by atoms with Gasteiger partial charge in [-0.1, -0.05) is 38.2 Å². The van der Waals surface area contributed by atoms with Gasteiger partial charge in [0, 0.05) is 28.0 Å². The largest absolute Gasteiger partial charge is 2.00 e. The van der Waals surface area contributed by atoms with Crippen LogP contribution in [0.3, 0.4) is 0 Å². The van der Waals surface area contributed by atoms with E-state index in [1.54, 1.807) is 0 Å². The Kier molecular flexibility index (Phi) is 6.42. The molecule has 0 fully saturated rings. The Balaban J connectivity index is 0.000000960. The number of halogens is 2. The summed E-state index contributed by atoms with van der Waals surface area (Å²) < 4.78 is 0. The molecule has 2 aliphatic heterocycles. The molecule has 0 aromatic rings.